The topological polar surface area (TPSA) is 64.7 Å². The highest BCUT2D eigenvalue weighted by Gasteiger charge is 2.24. The fraction of sp³-hybridized carbons (Fsp3) is 0.417. The maximum atomic E-state index is 13.8. The van der Waals surface area contributed by atoms with Gasteiger partial charge in [-0.2, -0.15) is 0 Å². The van der Waals surface area contributed by atoms with Crippen molar-refractivity contribution in [3.8, 4) is 0 Å². The van der Waals surface area contributed by atoms with Crippen molar-refractivity contribution in [3.63, 3.8) is 0 Å². The molecule has 0 bridgehead atoms. The van der Waals surface area contributed by atoms with Gasteiger partial charge in [-0.05, 0) is 64.2 Å². The Morgan fingerprint density at radius 3 is 2.32 bits per heavy atom. The third kappa shape index (κ3) is 6.28. The van der Waals surface area contributed by atoms with Crippen molar-refractivity contribution in [2.45, 2.75) is 25.3 Å². The van der Waals surface area contributed by atoms with Gasteiger partial charge in [-0.15, -0.1) is 0 Å². The molecular formula is C24H31FN4O2. The average Bonchev–Trinajstić information content (AvgIpc) is 2.77. The fourth-order valence-corrected chi connectivity index (χ4v) is 3.81. The number of nitrogens with zero attached hydrogens (tertiary/aromatic N) is 2. The zero-order valence-corrected chi connectivity index (χ0v) is 18.2. The van der Waals surface area contributed by atoms with E-state index in [1.807, 2.05) is 38.4 Å². The van der Waals surface area contributed by atoms with Crippen molar-refractivity contribution in [3.05, 3.63) is 65.5 Å². The van der Waals surface area contributed by atoms with Crippen molar-refractivity contribution in [2.24, 2.45) is 0 Å². The minimum atomic E-state index is -0.511. The molecule has 2 aromatic carbocycles. The lowest BCUT2D eigenvalue weighted by Crippen LogP contribution is -2.45. The molecule has 0 saturated carbocycles. The number of hydrogen-bond acceptors (Lipinski definition) is 4. The Kier molecular flexibility index (Phi) is 8.00. The van der Waals surface area contributed by atoms with Gasteiger partial charge in [0, 0.05) is 31.4 Å². The van der Waals surface area contributed by atoms with E-state index in [9.17, 15) is 14.0 Å². The molecule has 0 aliphatic carbocycles. The largest absolute Gasteiger partial charge is 0.371 e. The third-order valence-corrected chi connectivity index (χ3v) is 5.51. The molecule has 2 N–H and O–H groups in total. The van der Waals surface area contributed by atoms with Crippen LogP contribution in [0.5, 0.6) is 0 Å². The van der Waals surface area contributed by atoms with Gasteiger partial charge >= 0.3 is 0 Å². The first-order chi connectivity index (χ1) is 15.0. The number of nitrogens with one attached hydrogen (secondary N) is 2. The van der Waals surface area contributed by atoms with E-state index in [0.29, 0.717) is 25.2 Å². The number of carbonyl (C=O) groups excluding carboxylic acids is 2. The van der Waals surface area contributed by atoms with Crippen molar-refractivity contribution < 1.29 is 14.0 Å². The zero-order valence-electron chi connectivity index (χ0n) is 18.2. The molecule has 6 nitrogen and oxygen atoms in total. The predicted molar refractivity (Wildman–Crippen MR) is 121 cm³/mol. The van der Waals surface area contributed by atoms with E-state index < -0.39 is 5.82 Å². The molecule has 1 aliphatic heterocycles. The normalized spacial score (nSPS) is 14.5. The minimum Gasteiger partial charge on any atom is -0.371 e. The van der Waals surface area contributed by atoms with Gasteiger partial charge in [0.15, 0.2) is 0 Å². The van der Waals surface area contributed by atoms with Crippen LogP contribution in [0, 0.1) is 5.82 Å². The molecule has 0 radical (unpaired) electrons. The van der Waals surface area contributed by atoms with Gasteiger partial charge in [0.2, 0.25) is 0 Å². The van der Waals surface area contributed by atoms with E-state index in [1.165, 1.54) is 12.1 Å². The number of halogens is 1. The van der Waals surface area contributed by atoms with Crippen LogP contribution in [0.2, 0.25) is 0 Å². The van der Waals surface area contributed by atoms with Gasteiger partial charge in [0.25, 0.3) is 11.8 Å². The smallest absolute Gasteiger partial charge is 0.254 e. The van der Waals surface area contributed by atoms with Gasteiger partial charge in [0.1, 0.15) is 5.82 Å². The molecule has 1 saturated heterocycles. The molecule has 1 fully saturated rings. The Balaban J connectivity index is 1.55. The van der Waals surface area contributed by atoms with Gasteiger partial charge < -0.3 is 20.4 Å². The monoisotopic (exact) mass is 426 g/mol. The highest BCUT2D eigenvalue weighted by molar-refractivity contribution is 5.99. The summed E-state index contributed by atoms with van der Waals surface area (Å²) < 4.78 is 13.8. The molecule has 0 unspecified atom stereocenters. The van der Waals surface area contributed by atoms with E-state index in [2.05, 4.69) is 20.4 Å². The first-order valence-corrected chi connectivity index (χ1v) is 10.8. The Morgan fingerprint density at radius 2 is 1.65 bits per heavy atom. The molecule has 3 rings (SSSR count). The van der Waals surface area contributed by atoms with Gasteiger partial charge in [-0.25, -0.2) is 4.39 Å². The van der Waals surface area contributed by atoms with E-state index in [-0.39, 0.29) is 23.4 Å². The molecule has 7 heteroatoms. The van der Waals surface area contributed by atoms with Crippen LogP contribution in [0.15, 0.2) is 48.5 Å². The summed E-state index contributed by atoms with van der Waals surface area (Å²) in [6, 6.07) is 13.6. The SMILES string of the molecule is CN(C)CCCNC(=O)c1ccccc1N1CCC(NC(=O)c2ccccc2F)CC1. The molecule has 0 atom stereocenters. The number of rotatable bonds is 8. The molecular weight excluding hydrogens is 395 g/mol. The molecule has 1 heterocycles. The summed E-state index contributed by atoms with van der Waals surface area (Å²) in [4.78, 5) is 29.4. The average molecular weight is 427 g/mol. The number of para-hydroxylation sites is 1. The van der Waals surface area contributed by atoms with Crippen LogP contribution in [-0.4, -0.2) is 63.0 Å². The Bertz CT molecular complexity index is 895. The van der Waals surface area contributed by atoms with Crippen LogP contribution in [0.1, 0.15) is 40.0 Å². The van der Waals surface area contributed by atoms with E-state index in [4.69, 9.17) is 0 Å². The molecule has 31 heavy (non-hydrogen) atoms. The van der Waals surface area contributed by atoms with Gasteiger partial charge in [0.05, 0.1) is 11.1 Å². The molecule has 2 amide bonds. The lowest BCUT2D eigenvalue weighted by Gasteiger charge is -2.35. The second-order valence-electron chi connectivity index (χ2n) is 8.14. The van der Waals surface area contributed by atoms with Crippen molar-refractivity contribution in [1.29, 1.82) is 0 Å². The fourth-order valence-electron chi connectivity index (χ4n) is 3.81. The quantitative estimate of drug-likeness (QED) is 0.637. The number of piperidine rings is 1. The van der Waals surface area contributed by atoms with Crippen molar-refractivity contribution in [1.82, 2.24) is 15.5 Å². The Labute approximate surface area is 183 Å². The maximum absolute atomic E-state index is 13.8. The molecule has 1 aliphatic rings. The summed E-state index contributed by atoms with van der Waals surface area (Å²) in [6.07, 6.45) is 2.37. The van der Waals surface area contributed by atoms with Crippen molar-refractivity contribution in [2.75, 3.05) is 45.2 Å². The molecule has 0 spiro atoms. The van der Waals surface area contributed by atoms with Crippen LogP contribution >= 0.6 is 0 Å². The van der Waals surface area contributed by atoms with E-state index in [0.717, 1.165) is 31.5 Å². The van der Waals surface area contributed by atoms with Gasteiger partial charge in [-0.1, -0.05) is 24.3 Å². The molecule has 0 aromatic heterocycles. The first kappa shape index (κ1) is 22.7. The minimum absolute atomic E-state index is 0.0182. The first-order valence-electron chi connectivity index (χ1n) is 10.8. The second kappa shape index (κ2) is 10.9. The molecule has 166 valence electrons. The Morgan fingerprint density at radius 1 is 1.00 bits per heavy atom. The van der Waals surface area contributed by atoms with Gasteiger partial charge in [-0.3, -0.25) is 9.59 Å². The maximum Gasteiger partial charge on any atom is 0.254 e. The van der Waals surface area contributed by atoms with Crippen LogP contribution in [-0.2, 0) is 0 Å². The summed E-state index contributed by atoms with van der Waals surface area (Å²) in [5, 5.41) is 5.95. The number of amides is 2. The molecule has 2 aromatic rings. The summed E-state index contributed by atoms with van der Waals surface area (Å²) in [7, 11) is 4.03. The summed E-state index contributed by atoms with van der Waals surface area (Å²) in [6.45, 7) is 2.99. The zero-order chi connectivity index (χ0) is 22.2. The van der Waals surface area contributed by atoms with Crippen LogP contribution in [0.25, 0.3) is 0 Å². The van der Waals surface area contributed by atoms with E-state index >= 15 is 0 Å². The van der Waals surface area contributed by atoms with Crippen LogP contribution < -0.4 is 15.5 Å². The second-order valence-corrected chi connectivity index (χ2v) is 8.14. The standard InChI is InChI=1S/C24H31FN4O2/c1-28(2)15-7-14-26-23(30)20-9-4-6-11-22(20)29-16-12-18(13-17-29)27-24(31)19-8-3-5-10-21(19)25/h3-6,8-11,18H,7,12-17H2,1-2H3,(H,26,30)(H,27,31). The van der Waals surface area contributed by atoms with Crippen LogP contribution in [0.3, 0.4) is 0 Å². The summed E-state index contributed by atoms with van der Waals surface area (Å²) >= 11 is 0. The number of anilines is 1. The summed E-state index contributed by atoms with van der Waals surface area (Å²) in [5.41, 5.74) is 1.65. The third-order valence-electron chi connectivity index (χ3n) is 5.51. The Hall–Kier alpha value is -2.93. The lowest BCUT2D eigenvalue weighted by molar-refractivity contribution is 0.0925. The summed E-state index contributed by atoms with van der Waals surface area (Å²) in [5.74, 6) is -0.957. The number of benzene rings is 2. The van der Waals surface area contributed by atoms with Crippen LogP contribution in [0.4, 0.5) is 10.1 Å². The predicted octanol–water partition coefficient (Wildman–Crippen LogP) is 2.91. The highest BCUT2D eigenvalue weighted by atomic mass is 19.1. The van der Waals surface area contributed by atoms with Crippen molar-refractivity contribution >= 4 is 17.5 Å². The number of carbonyl (C=O) groups is 2. The number of hydrogen-bond donors (Lipinski definition) is 2. The van der Waals surface area contributed by atoms with E-state index in [1.54, 1.807) is 12.1 Å². The highest BCUT2D eigenvalue weighted by Crippen LogP contribution is 2.24. The lowest BCUT2D eigenvalue weighted by atomic mass is 10.0.